The van der Waals surface area contributed by atoms with Gasteiger partial charge in [0, 0.05) is 12.1 Å². The first kappa shape index (κ1) is 16.5. The minimum Gasteiger partial charge on any atom is -0.352 e. The predicted octanol–water partition coefficient (Wildman–Crippen LogP) is 3.10. The molecule has 1 saturated carbocycles. The van der Waals surface area contributed by atoms with Gasteiger partial charge in [-0.2, -0.15) is 0 Å². The maximum absolute atomic E-state index is 11.9. The summed E-state index contributed by atoms with van der Waals surface area (Å²) in [5.41, 5.74) is 0. The van der Waals surface area contributed by atoms with Crippen molar-refractivity contribution in [2.75, 3.05) is 6.54 Å². The van der Waals surface area contributed by atoms with Crippen molar-refractivity contribution in [1.82, 2.24) is 10.6 Å². The lowest BCUT2D eigenvalue weighted by Crippen LogP contribution is -2.45. The molecule has 1 amide bonds. The maximum Gasteiger partial charge on any atom is 0.234 e. The van der Waals surface area contributed by atoms with Crippen LogP contribution in [0.2, 0.25) is 0 Å². The molecule has 112 valence electrons. The monoisotopic (exact) mass is 268 g/mol. The van der Waals surface area contributed by atoms with Crippen molar-refractivity contribution >= 4 is 5.91 Å². The van der Waals surface area contributed by atoms with E-state index in [0.29, 0.717) is 18.5 Å². The summed E-state index contributed by atoms with van der Waals surface area (Å²) in [4.78, 5) is 11.9. The molecule has 0 heterocycles. The maximum atomic E-state index is 11.9. The van der Waals surface area contributed by atoms with E-state index in [1.165, 1.54) is 32.1 Å². The van der Waals surface area contributed by atoms with Gasteiger partial charge in [-0.15, -0.1) is 0 Å². The number of hydrogen-bond donors (Lipinski definition) is 2. The number of carbonyl (C=O) groups is 1. The second-order valence-corrected chi connectivity index (χ2v) is 6.39. The Hall–Kier alpha value is -0.570. The first-order valence-corrected chi connectivity index (χ1v) is 8.07. The molecule has 1 rings (SSSR count). The first-order valence-electron chi connectivity index (χ1n) is 8.07. The Balaban J connectivity index is 2.30. The van der Waals surface area contributed by atoms with Gasteiger partial charge in [-0.25, -0.2) is 0 Å². The van der Waals surface area contributed by atoms with Crippen LogP contribution in [0, 0.1) is 11.8 Å². The van der Waals surface area contributed by atoms with Gasteiger partial charge in [-0.3, -0.25) is 4.79 Å². The summed E-state index contributed by atoms with van der Waals surface area (Å²) in [5, 5.41) is 6.53. The molecule has 0 aliphatic heterocycles. The van der Waals surface area contributed by atoms with E-state index in [2.05, 4.69) is 38.3 Å². The molecular weight excluding hydrogens is 236 g/mol. The molecule has 3 nitrogen and oxygen atoms in total. The Labute approximate surface area is 118 Å². The minimum atomic E-state index is 0.135. The second-order valence-electron chi connectivity index (χ2n) is 6.39. The van der Waals surface area contributed by atoms with E-state index in [0.717, 1.165) is 12.3 Å². The van der Waals surface area contributed by atoms with Crippen molar-refractivity contribution in [1.29, 1.82) is 0 Å². The van der Waals surface area contributed by atoms with Crippen LogP contribution in [-0.2, 0) is 4.79 Å². The van der Waals surface area contributed by atoms with Crippen LogP contribution in [0.5, 0.6) is 0 Å². The molecule has 0 spiro atoms. The van der Waals surface area contributed by atoms with Gasteiger partial charge < -0.3 is 10.6 Å². The molecule has 1 aliphatic carbocycles. The average Bonchev–Trinajstić information content (AvgIpc) is 2.40. The van der Waals surface area contributed by atoms with Gasteiger partial charge in [0.05, 0.1) is 6.54 Å². The van der Waals surface area contributed by atoms with Crippen molar-refractivity contribution in [2.24, 2.45) is 11.8 Å². The van der Waals surface area contributed by atoms with Gasteiger partial charge in [0.25, 0.3) is 0 Å². The standard InChI is InChI=1S/C16H32N2O/c1-5-15(14-9-7-6-8-10-14)17-11-16(19)18-13(4)12(2)3/h12-15,17H,5-11H2,1-4H3,(H,18,19). The Bertz CT molecular complexity index is 259. The van der Waals surface area contributed by atoms with E-state index >= 15 is 0 Å². The van der Waals surface area contributed by atoms with Crippen LogP contribution in [0.1, 0.15) is 66.2 Å². The fourth-order valence-electron chi connectivity index (χ4n) is 2.88. The third kappa shape index (κ3) is 5.94. The highest BCUT2D eigenvalue weighted by Crippen LogP contribution is 2.27. The normalized spacial score (nSPS) is 20.3. The van der Waals surface area contributed by atoms with E-state index in [1.54, 1.807) is 0 Å². The van der Waals surface area contributed by atoms with Crippen LogP contribution in [0.4, 0.5) is 0 Å². The first-order chi connectivity index (χ1) is 9.04. The lowest BCUT2D eigenvalue weighted by atomic mass is 9.83. The molecule has 1 aliphatic rings. The van der Waals surface area contributed by atoms with E-state index in [1.807, 2.05) is 0 Å². The molecule has 2 atom stereocenters. The summed E-state index contributed by atoms with van der Waals surface area (Å²) in [6.45, 7) is 9.03. The van der Waals surface area contributed by atoms with Crippen LogP contribution in [-0.4, -0.2) is 24.5 Å². The van der Waals surface area contributed by atoms with E-state index < -0.39 is 0 Å². The van der Waals surface area contributed by atoms with Crippen LogP contribution in [0.15, 0.2) is 0 Å². The van der Waals surface area contributed by atoms with Gasteiger partial charge in [0.15, 0.2) is 0 Å². The van der Waals surface area contributed by atoms with E-state index in [4.69, 9.17) is 0 Å². The fraction of sp³-hybridized carbons (Fsp3) is 0.938. The number of hydrogen-bond acceptors (Lipinski definition) is 2. The highest BCUT2D eigenvalue weighted by atomic mass is 16.1. The molecule has 19 heavy (non-hydrogen) atoms. The van der Waals surface area contributed by atoms with Crippen molar-refractivity contribution in [2.45, 2.75) is 78.3 Å². The average molecular weight is 268 g/mol. The Morgan fingerprint density at radius 3 is 2.32 bits per heavy atom. The molecule has 0 saturated heterocycles. The zero-order valence-corrected chi connectivity index (χ0v) is 13.2. The third-order valence-corrected chi connectivity index (χ3v) is 4.57. The third-order valence-electron chi connectivity index (χ3n) is 4.57. The van der Waals surface area contributed by atoms with Gasteiger partial charge in [-0.1, -0.05) is 40.0 Å². The molecule has 0 aromatic rings. The molecule has 0 bridgehead atoms. The lowest BCUT2D eigenvalue weighted by molar-refractivity contribution is -0.121. The van der Waals surface area contributed by atoms with Crippen molar-refractivity contribution in [3.05, 3.63) is 0 Å². The summed E-state index contributed by atoms with van der Waals surface area (Å²) in [6, 6.07) is 0.768. The molecule has 2 N–H and O–H groups in total. The van der Waals surface area contributed by atoms with Crippen molar-refractivity contribution in [3.8, 4) is 0 Å². The Morgan fingerprint density at radius 2 is 1.79 bits per heavy atom. The van der Waals surface area contributed by atoms with Crippen molar-refractivity contribution < 1.29 is 4.79 Å². The largest absolute Gasteiger partial charge is 0.352 e. The quantitative estimate of drug-likeness (QED) is 0.745. The summed E-state index contributed by atoms with van der Waals surface area (Å²) < 4.78 is 0. The molecular formula is C16H32N2O. The SMILES string of the molecule is CCC(NCC(=O)NC(C)C(C)C)C1CCCCC1. The van der Waals surface area contributed by atoms with Crippen molar-refractivity contribution in [3.63, 3.8) is 0 Å². The van der Waals surface area contributed by atoms with E-state index in [-0.39, 0.29) is 11.9 Å². The van der Waals surface area contributed by atoms with Gasteiger partial charge >= 0.3 is 0 Å². The van der Waals surface area contributed by atoms with Gasteiger partial charge in [0.1, 0.15) is 0 Å². The summed E-state index contributed by atoms with van der Waals surface area (Å²) in [5.74, 6) is 1.40. The number of rotatable bonds is 7. The number of amides is 1. The summed E-state index contributed by atoms with van der Waals surface area (Å²) in [6.07, 6.45) is 7.89. The minimum absolute atomic E-state index is 0.135. The number of nitrogens with one attached hydrogen (secondary N) is 2. The molecule has 3 heteroatoms. The lowest BCUT2D eigenvalue weighted by Gasteiger charge is -2.30. The smallest absolute Gasteiger partial charge is 0.234 e. The highest BCUT2D eigenvalue weighted by Gasteiger charge is 2.22. The topological polar surface area (TPSA) is 41.1 Å². The molecule has 0 aromatic heterocycles. The van der Waals surface area contributed by atoms with Crippen LogP contribution in [0.25, 0.3) is 0 Å². The molecule has 2 unspecified atom stereocenters. The van der Waals surface area contributed by atoms with Crippen LogP contribution >= 0.6 is 0 Å². The van der Waals surface area contributed by atoms with Gasteiger partial charge in [0.2, 0.25) is 5.91 Å². The molecule has 1 fully saturated rings. The fourth-order valence-corrected chi connectivity index (χ4v) is 2.88. The van der Waals surface area contributed by atoms with Gasteiger partial charge in [-0.05, 0) is 38.0 Å². The summed E-state index contributed by atoms with van der Waals surface area (Å²) in [7, 11) is 0. The van der Waals surface area contributed by atoms with Crippen LogP contribution < -0.4 is 10.6 Å². The summed E-state index contributed by atoms with van der Waals surface area (Å²) >= 11 is 0. The highest BCUT2D eigenvalue weighted by molar-refractivity contribution is 5.78. The zero-order valence-electron chi connectivity index (χ0n) is 13.2. The zero-order chi connectivity index (χ0) is 14.3. The molecule has 0 aromatic carbocycles. The van der Waals surface area contributed by atoms with E-state index in [9.17, 15) is 4.79 Å². The van der Waals surface area contributed by atoms with Crippen LogP contribution in [0.3, 0.4) is 0 Å². The second kappa shape index (κ2) is 8.57. The Kier molecular flexibility index (Phi) is 7.44. The number of carbonyl (C=O) groups excluding carboxylic acids is 1. The predicted molar refractivity (Wildman–Crippen MR) is 81.1 cm³/mol. The molecule has 0 radical (unpaired) electrons. The Morgan fingerprint density at radius 1 is 1.16 bits per heavy atom.